The quantitative estimate of drug-likeness (QED) is 0.611. The highest BCUT2D eigenvalue weighted by atomic mass is 16.7. The number of benzene rings is 2. The number of fused-ring (bicyclic) bond motifs is 1. The molecule has 0 N–H and O–H groups in total. The molecular formula is C24H29NO5. The monoisotopic (exact) mass is 411 g/mol. The summed E-state index contributed by atoms with van der Waals surface area (Å²) in [5.74, 6) is 2.29. The Labute approximate surface area is 177 Å². The normalized spacial score (nSPS) is 22.6. The van der Waals surface area contributed by atoms with Crippen molar-refractivity contribution in [3.05, 3.63) is 53.6 Å². The molecule has 6 heteroatoms. The molecule has 1 amide bonds. The molecule has 3 atom stereocenters. The number of amides is 1. The Morgan fingerprint density at radius 1 is 1.07 bits per heavy atom. The number of likely N-dealkylation sites (tertiary alicyclic amines) is 1. The topological polar surface area (TPSA) is 57.2 Å². The summed E-state index contributed by atoms with van der Waals surface area (Å²) >= 11 is 0. The second kappa shape index (κ2) is 8.96. The van der Waals surface area contributed by atoms with E-state index >= 15 is 0 Å². The molecule has 2 heterocycles. The van der Waals surface area contributed by atoms with Gasteiger partial charge in [-0.2, -0.15) is 0 Å². The number of nitrogens with zero attached hydrogens (tertiary/aromatic N) is 1. The zero-order valence-corrected chi connectivity index (χ0v) is 17.8. The van der Waals surface area contributed by atoms with Crippen molar-refractivity contribution in [3.63, 3.8) is 0 Å². The molecule has 1 unspecified atom stereocenters. The van der Waals surface area contributed by atoms with Gasteiger partial charge >= 0.3 is 0 Å². The fraction of sp³-hybridized carbons (Fsp3) is 0.458. The zero-order valence-electron chi connectivity index (χ0n) is 17.8. The predicted octanol–water partition coefficient (Wildman–Crippen LogP) is 4.15. The molecule has 6 nitrogen and oxygen atoms in total. The minimum atomic E-state index is -0.223. The number of hydrogen-bond donors (Lipinski definition) is 0. The highest BCUT2D eigenvalue weighted by Gasteiger charge is 2.46. The summed E-state index contributed by atoms with van der Waals surface area (Å²) < 4.78 is 21.8. The lowest BCUT2D eigenvalue weighted by molar-refractivity contribution is -0.130. The lowest BCUT2D eigenvalue weighted by Crippen LogP contribution is -2.31. The second-order valence-corrected chi connectivity index (χ2v) is 7.75. The van der Waals surface area contributed by atoms with Gasteiger partial charge in [-0.05, 0) is 54.7 Å². The van der Waals surface area contributed by atoms with E-state index in [0.29, 0.717) is 25.5 Å². The van der Waals surface area contributed by atoms with Gasteiger partial charge in [-0.25, -0.2) is 0 Å². The first kappa shape index (κ1) is 20.5. The molecule has 160 valence electrons. The molecule has 4 rings (SSSR count). The summed E-state index contributed by atoms with van der Waals surface area (Å²) in [7, 11) is 1.66. The van der Waals surface area contributed by atoms with Crippen LogP contribution in [0.1, 0.15) is 43.4 Å². The van der Waals surface area contributed by atoms with Crippen LogP contribution in [0.25, 0.3) is 0 Å². The Bertz CT molecular complexity index is 882. The van der Waals surface area contributed by atoms with Crippen LogP contribution in [0.15, 0.2) is 42.5 Å². The SMILES string of the molecule is CCOCCCN1C(=O)[C@H](c2ccc3c(c2)OCO3)[C@@H](C)C1c1ccc(OC)cc1. The Morgan fingerprint density at radius 2 is 1.80 bits per heavy atom. The Morgan fingerprint density at radius 3 is 2.53 bits per heavy atom. The molecule has 0 saturated carbocycles. The molecule has 0 radical (unpaired) electrons. The first-order chi connectivity index (χ1) is 14.6. The van der Waals surface area contributed by atoms with Crippen molar-refractivity contribution < 1.29 is 23.7 Å². The molecule has 1 fully saturated rings. The van der Waals surface area contributed by atoms with E-state index in [-0.39, 0.29) is 30.6 Å². The van der Waals surface area contributed by atoms with E-state index in [1.165, 1.54) is 0 Å². The van der Waals surface area contributed by atoms with Gasteiger partial charge in [0.1, 0.15) is 5.75 Å². The molecule has 2 aliphatic heterocycles. The standard InChI is InChI=1S/C24H29NO5/c1-4-28-13-5-12-25-23(17-6-9-19(27-3)10-7-17)16(2)22(24(25)26)18-8-11-20-21(14-18)30-15-29-20/h6-11,14,16,22-23H,4-5,12-13,15H2,1-3H3/t16-,22+,23?/m1/s1. The third-order valence-electron chi connectivity index (χ3n) is 6.01. The lowest BCUT2D eigenvalue weighted by Gasteiger charge is -2.27. The number of methoxy groups -OCH3 is 1. The van der Waals surface area contributed by atoms with Crippen LogP contribution in [0.5, 0.6) is 17.2 Å². The van der Waals surface area contributed by atoms with Gasteiger partial charge in [-0.3, -0.25) is 4.79 Å². The summed E-state index contributed by atoms with van der Waals surface area (Å²) in [6, 6.07) is 13.9. The molecule has 0 aromatic heterocycles. The largest absolute Gasteiger partial charge is 0.497 e. The van der Waals surface area contributed by atoms with Crippen LogP contribution in [0.3, 0.4) is 0 Å². The number of rotatable bonds is 8. The van der Waals surface area contributed by atoms with E-state index in [0.717, 1.165) is 29.0 Å². The van der Waals surface area contributed by atoms with Gasteiger partial charge in [0.25, 0.3) is 0 Å². The van der Waals surface area contributed by atoms with Gasteiger partial charge in [0.15, 0.2) is 11.5 Å². The fourth-order valence-corrected chi connectivity index (χ4v) is 4.57. The Hall–Kier alpha value is -2.73. The number of carbonyl (C=O) groups excluding carboxylic acids is 1. The molecule has 30 heavy (non-hydrogen) atoms. The molecule has 2 aliphatic rings. The zero-order chi connectivity index (χ0) is 21.1. The highest BCUT2D eigenvalue weighted by Crippen LogP contribution is 2.48. The first-order valence-electron chi connectivity index (χ1n) is 10.6. The summed E-state index contributed by atoms with van der Waals surface area (Å²) in [5, 5.41) is 0. The van der Waals surface area contributed by atoms with Gasteiger partial charge < -0.3 is 23.8 Å². The Kier molecular flexibility index (Phi) is 6.13. The van der Waals surface area contributed by atoms with E-state index < -0.39 is 0 Å². The van der Waals surface area contributed by atoms with Gasteiger partial charge in [-0.15, -0.1) is 0 Å². The molecule has 0 spiro atoms. The van der Waals surface area contributed by atoms with Crippen molar-refractivity contribution >= 4 is 5.91 Å². The summed E-state index contributed by atoms with van der Waals surface area (Å²) in [4.78, 5) is 15.6. The summed E-state index contributed by atoms with van der Waals surface area (Å²) in [6.45, 7) is 6.38. The molecular weight excluding hydrogens is 382 g/mol. The van der Waals surface area contributed by atoms with E-state index in [2.05, 4.69) is 19.1 Å². The van der Waals surface area contributed by atoms with E-state index in [1.54, 1.807) is 7.11 Å². The minimum Gasteiger partial charge on any atom is -0.497 e. The Balaban J connectivity index is 1.64. The minimum absolute atomic E-state index is 0.000422. The third kappa shape index (κ3) is 3.84. The summed E-state index contributed by atoms with van der Waals surface area (Å²) in [5.41, 5.74) is 2.10. The predicted molar refractivity (Wildman–Crippen MR) is 113 cm³/mol. The average Bonchev–Trinajstić information content (AvgIpc) is 3.33. The van der Waals surface area contributed by atoms with Crippen molar-refractivity contribution in [3.8, 4) is 17.2 Å². The van der Waals surface area contributed by atoms with Crippen molar-refractivity contribution in [2.75, 3.05) is 33.7 Å². The van der Waals surface area contributed by atoms with Crippen LogP contribution in [-0.2, 0) is 9.53 Å². The van der Waals surface area contributed by atoms with Gasteiger partial charge in [0, 0.05) is 19.8 Å². The maximum absolute atomic E-state index is 13.6. The smallest absolute Gasteiger partial charge is 0.231 e. The van der Waals surface area contributed by atoms with Crippen molar-refractivity contribution in [2.24, 2.45) is 5.92 Å². The average molecular weight is 411 g/mol. The molecule has 0 bridgehead atoms. The third-order valence-corrected chi connectivity index (χ3v) is 6.01. The maximum atomic E-state index is 13.6. The number of carbonyl (C=O) groups is 1. The maximum Gasteiger partial charge on any atom is 0.231 e. The second-order valence-electron chi connectivity index (χ2n) is 7.75. The first-order valence-corrected chi connectivity index (χ1v) is 10.6. The van der Waals surface area contributed by atoms with Crippen LogP contribution in [0.2, 0.25) is 0 Å². The van der Waals surface area contributed by atoms with E-state index in [9.17, 15) is 4.79 Å². The van der Waals surface area contributed by atoms with Crippen molar-refractivity contribution in [2.45, 2.75) is 32.2 Å². The lowest BCUT2D eigenvalue weighted by atomic mass is 9.84. The van der Waals surface area contributed by atoms with Gasteiger partial charge in [0.05, 0.1) is 19.1 Å². The highest BCUT2D eigenvalue weighted by molar-refractivity contribution is 5.87. The number of hydrogen-bond acceptors (Lipinski definition) is 5. The molecule has 2 aromatic rings. The van der Waals surface area contributed by atoms with Crippen LogP contribution in [0, 0.1) is 5.92 Å². The van der Waals surface area contributed by atoms with Crippen LogP contribution in [-0.4, -0.2) is 44.5 Å². The van der Waals surface area contributed by atoms with Crippen LogP contribution in [0.4, 0.5) is 0 Å². The summed E-state index contributed by atoms with van der Waals surface area (Å²) in [6.07, 6.45) is 0.812. The van der Waals surface area contributed by atoms with Crippen molar-refractivity contribution in [1.29, 1.82) is 0 Å². The van der Waals surface area contributed by atoms with E-state index in [1.807, 2.05) is 42.2 Å². The molecule has 2 aromatic carbocycles. The van der Waals surface area contributed by atoms with Gasteiger partial charge in [0.2, 0.25) is 12.7 Å². The molecule has 1 saturated heterocycles. The van der Waals surface area contributed by atoms with E-state index in [4.69, 9.17) is 18.9 Å². The van der Waals surface area contributed by atoms with Crippen LogP contribution < -0.4 is 14.2 Å². The van der Waals surface area contributed by atoms with Crippen LogP contribution >= 0.6 is 0 Å². The van der Waals surface area contributed by atoms with Gasteiger partial charge in [-0.1, -0.05) is 25.1 Å². The van der Waals surface area contributed by atoms with Crippen molar-refractivity contribution in [1.82, 2.24) is 4.90 Å². The molecule has 0 aliphatic carbocycles. The number of ether oxygens (including phenoxy) is 4. The fourth-order valence-electron chi connectivity index (χ4n) is 4.57.